The van der Waals surface area contributed by atoms with Gasteiger partial charge in [0.05, 0.1) is 10.0 Å². The Bertz CT molecular complexity index is 451. The summed E-state index contributed by atoms with van der Waals surface area (Å²) in [5, 5.41) is 12.9. The van der Waals surface area contributed by atoms with Gasteiger partial charge in [-0.15, -0.1) is 19.0 Å². The Morgan fingerprint density at radius 1 is 1.50 bits per heavy atom. The predicted octanol–water partition coefficient (Wildman–Crippen LogP) is 3.49. The average molecular weight is 311 g/mol. The lowest BCUT2D eigenvalue weighted by Crippen LogP contribution is -2.47. The molecule has 0 bridgehead atoms. The largest absolute Gasteiger partial charge is 0.480 e. The van der Waals surface area contributed by atoms with Gasteiger partial charge in [0.2, 0.25) is 0 Å². The number of carboxylic acid groups (broad SMARTS) is 1. The summed E-state index contributed by atoms with van der Waals surface area (Å²) in [4.78, 5) is 11.5. The number of likely N-dealkylation sites (N-methyl/N-ethyl adjacent to an activating group) is 1. The molecule has 0 spiro atoms. The second-order valence-corrected chi connectivity index (χ2v) is 4.40. The van der Waals surface area contributed by atoms with Gasteiger partial charge in [0, 0.05) is 0 Å². The van der Waals surface area contributed by atoms with E-state index in [0.29, 0.717) is 15.6 Å². The Hall–Kier alpha value is -0.740. The number of carboxylic acids is 1. The molecule has 6 heteroatoms. The number of benzene rings is 1. The first-order chi connectivity index (χ1) is 7.97. The highest BCUT2D eigenvalue weighted by Crippen LogP contribution is 2.31. The van der Waals surface area contributed by atoms with Crippen LogP contribution in [0.5, 0.6) is 0 Å². The van der Waals surface area contributed by atoms with Gasteiger partial charge >= 0.3 is 5.97 Å². The Labute approximate surface area is 122 Å². The third-order valence-electron chi connectivity index (χ3n) is 2.65. The number of rotatable bonds is 5. The van der Waals surface area contributed by atoms with E-state index < -0.39 is 11.5 Å². The van der Waals surface area contributed by atoms with Crippen molar-refractivity contribution in [2.45, 2.75) is 12.0 Å². The van der Waals surface area contributed by atoms with Crippen molar-refractivity contribution in [3.63, 3.8) is 0 Å². The van der Waals surface area contributed by atoms with Crippen molar-refractivity contribution in [2.24, 2.45) is 0 Å². The minimum Gasteiger partial charge on any atom is -0.480 e. The molecule has 1 aromatic carbocycles. The van der Waals surface area contributed by atoms with Crippen LogP contribution in [-0.4, -0.2) is 18.1 Å². The summed E-state index contributed by atoms with van der Waals surface area (Å²) in [6, 6.07) is 4.78. The Morgan fingerprint density at radius 3 is 2.50 bits per heavy atom. The number of aliphatic carboxylic acids is 1. The molecule has 0 aliphatic heterocycles. The maximum atomic E-state index is 11.5. The van der Waals surface area contributed by atoms with E-state index in [1.165, 1.54) is 0 Å². The summed E-state index contributed by atoms with van der Waals surface area (Å²) >= 11 is 11.7. The zero-order chi connectivity index (χ0) is 13.1. The van der Waals surface area contributed by atoms with Crippen LogP contribution in [0.4, 0.5) is 0 Å². The van der Waals surface area contributed by atoms with Crippen molar-refractivity contribution in [1.82, 2.24) is 5.32 Å². The lowest BCUT2D eigenvalue weighted by Gasteiger charge is -2.28. The van der Waals surface area contributed by atoms with Gasteiger partial charge in [-0.25, -0.2) is 4.79 Å². The average Bonchev–Trinajstić information content (AvgIpc) is 2.29. The van der Waals surface area contributed by atoms with E-state index >= 15 is 0 Å². The van der Waals surface area contributed by atoms with Crippen molar-refractivity contribution < 1.29 is 9.90 Å². The number of nitrogens with one attached hydrogen (secondary N) is 1. The van der Waals surface area contributed by atoms with Gasteiger partial charge in [-0.1, -0.05) is 35.3 Å². The molecule has 1 aromatic rings. The molecule has 3 nitrogen and oxygen atoms in total. The first kappa shape index (κ1) is 17.3. The predicted molar refractivity (Wildman–Crippen MR) is 76.9 cm³/mol. The first-order valence-electron chi connectivity index (χ1n) is 4.96. The second-order valence-electron chi connectivity index (χ2n) is 3.58. The fraction of sp³-hybridized carbons (Fsp3) is 0.250. The van der Waals surface area contributed by atoms with Crippen LogP contribution in [0, 0.1) is 0 Å². The van der Waals surface area contributed by atoms with Gasteiger partial charge in [0.25, 0.3) is 0 Å². The molecule has 0 heterocycles. The molecule has 1 atom stereocenters. The van der Waals surface area contributed by atoms with Crippen LogP contribution in [0.25, 0.3) is 0 Å². The minimum absolute atomic E-state index is 0. The van der Waals surface area contributed by atoms with E-state index in [-0.39, 0.29) is 18.8 Å². The van der Waals surface area contributed by atoms with E-state index in [4.69, 9.17) is 23.2 Å². The van der Waals surface area contributed by atoms with E-state index in [9.17, 15) is 9.90 Å². The van der Waals surface area contributed by atoms with Gasteiger partial charge in [0.15, 0.2) is 0 Å². The van der Waals surface area contributed by atoms with Gasteiger partial charge in [0.1, 0.15) is 5.54 Å². The van der Waals surface area contributed by atoms with Gasteiger partial charge < -0.3 is 10.4 Å². The van der Waals surface area contributed by atoms with Crippen LogP contribution >= 0.6 is 35.6 Å². The summed E-state index contributed by atoms with van der Waals surface area (Å²) in [5.74, 6) is -0.988. The maximum absolute atomic E-state index is 11.5. The molecular weight excluding hydrogens is 296 g/mol. The molecule has 1 rings (SSSR count). The first-order valence-corrected chi connectivity index (χ1v) is 5.72. The molecular formula is C12H14Cl3NO2. The molecule has 0 saturated heterocycles. The van der Waals surface area contributed by atoms with Crippen LogP contribution in [0.3, 0.4) is 0 Å². The fourth-order valence-electron chi connectivity index (χ4n) is 1.66. The maximum Gasteiger partial charge on any atom is 0.328 e. The van der Waals surface area contributed by atoms with E-state index in [1.807, 2.05) is 0 Å². The smallest absolute Gasteiger partial charge is 0.328 e. The van der Waals surface area contributed by atoms with Crippen LogP contribution in [-0.2, 0) is 10.3 Å². The standard InChI is InChI=1S/C12H13Cl2NO2.ClH/c1-3-6-12(15-2,11(16)17)8-4-5-9(13)10(14)7-8;/h3-5,7,15H,1,6H2,2H3,(H,16,17);1H. The van der Waals surface area contributed by atoms with E-state index in [0.717, 1.165) is 0 Å². The SMILES string of the molecule is C=CCC(NC)(C(=O)O)c1ccc(Cl)c(Cl)c1.Cl. The van der Waals surface area contributed by atoms with Crippen LogP contribution in [0.15, 0.2) is 30.9 Å². The van der Waals surface area contributed by atoms with Crippen LogP contribution in [0.2, 0.25) is 10.0 Å². The summed E-state index contributed by atoms with van der Waals surface area (Å²) in [5.41, 5.74) is -0.683. The summed E-state index contributed by atoms with van der Waals surface area (Å²) < 4.78 is 0. The number of carbonyl (C=O) groups is 1. The highest BCUT2D eigenvalue weighted by atomic mass is 35.5. The molecule has 1 unspecified atom stereocenters. The van der Waals surface area contributed by atoms with Gasteiger partial charge in [-0.05, 0) is 31.2 Å². The zero-order valence-electron chi connectivity index (χ0n) is 9.74. The van der Waals surface area contributed by atoms with Crippen molar-refractivity contribution in [2.75, 3.05) is 7.05 Å². The Morgan fingerprint density at radius 2 is 2.11 bits per heavy atom. The molecule has 0 saturated carbocycles. The van der Waals surface area contributed by atoms with Crippen LogP contribution in [0.1, 0.15) is 12.0 Å². The van der Waals surface area contributed by atoms with Crippen molar-refractivity contribution in [3.8, 4) is 0 Å². The molecule has 100 valence electrons. The van der Waals surface area contributed by atoms with E-state index in [2.05, 4.69) is 11.9 Å². The molecule has 0 amide bonds. The zero-order valence-corrected chi connectivity index (χ0v) is 12.1. The lowest BCUT2D eigenvalue weighted by molar-refractivity contribution is -0.145. The quantitative estimate of drug-likeness (QED) is 0.819. The minimum atomic E-state index is -1.23. The van der Waals surface area contributed by atoms with Crippen molar-refractivity contribution >= 4 is 41.6 Å². The number of hydrogen-bond acceptors (Lipinski definition) is 2. The number of hydrogen-bond donors (Lipinski definition) is 2. The molecule has 0 fully saturated rings. The third-order valence-corrected chi connectivity index (χ3v) is 3.39. The third kappa shape index (κ3) is 3.18. The summed E-state index contributed by atoms with van der Waals surface area (Å²) in [7, 11) is 1.58. The van der Waals surface area contributed by atoms with Crippen LogP contribution < -0.4 is 5.32 Å². The Balaban J connectivity index is 0.00000289. The van der Waals surface area contributed by atoms with Crippen molar-refractivity contribution in [1.29, 1.82) is 0 Å². The normalized spacial score (nSPS) is 13.3. The highest BCUT2D eigenvalue weighted by Gasteiger charge is 2.37. The summed E-state index contributed by atoms with van der Waals surface area (Å²) in [6.07, 6.45) is 1.80. The molecule has 0 aliphatic carbocycles. The van der Waals surface area contributed by atoms with Gasteiger partial charge in [-0.3, -0.25) is 0 Å². The molecule has 0 radical (unpaired) electrons. The van der Waals surface area contributed by atoms with Gasteiger partial charge in [-0.2, -0.15) is 0 Å². The highest BCUT2D eigenvalue weighted by molar-refractivity contribution is 6.42. The number of halogens is 3. The van der Waals surface area contributed by atoms with Crippen molar-refractivity contribution in [3.05, 3.63) is 46.5 Å². The lowest BCUT2D eigenvalue weighted by atomic mass is 9.87. The monoisotopic (exact) mass is 309 g/mol. The van der Waals surface area contributed by atoms with E-state index in [1.54, 1.807) is 31.3 Å². The fourth-order valence-corrected chi connectivity index (χ4v) is 1.96. The Kier molecular flexibility index (Phi) is 6.71. The topological polar surface area (TPSA) is 49.3 Å². The molecule has 0 aliphatic rings. The second kappa shape index (κ2) is 7.00. The molecule has 0 aromatic heterocycles. The molecule has 18 heavy (non-hydrogen) atoms. The summed E-state index contributed by atoms with van der Waals surface area (Å²) in [6.45, 7) is 3.58. The molecule has 2 N–H and O–H groups in total.